The minimum Gasteiger partial charge on any atom is -0.352 e. The van der Waals surface area contributed by atoms with E-state index in [1.54, 1.807) is 6.20 Å². The largest absolute Gasteiger partial charge is 0.352 e. The summed E-state index contributed by atoms with van der Waals surface area (Å²) in [5.41, 5.74) is 7.52. The van der Waals surface area contributed by atoms with Crippen LogP contribution in [0, 0.1) is 5.92 Å². The van der Waals surface area contributed by atoms with Crippen molar-refractivity contribution in [3.05, 3.63) is 42.1 Å². The first-order chi connectivity index (χ1) is 10.3. The first-order valence-electron chi connectivity index (χ1n) is 7.63. The molecule has 1 aromatic heterocycles. The van der Waals surface area contributed by atoms with Crippen molar-refractivity contribution in [3.63, 3.8) is 0 Å². The second-order valence-electron chi connectivity index (χ2n) is 5.80. The van der Waals surface area contributed by atoms with Gasteiger partial charge in [-0.05, 0) is 30.9 Å². The highest BCUT2D eigenvalue weighted by Crippen LogP contribution is 2.22. The predicted molar refractivity (Wildman–Crippen MR) is 84.0 cm³/mol. The van der Waals surface area contributed by atoms with Gasteiger partial charge in [0.25, 0.3) is 5.91 Å². The number of carbonyl (C=O) groups excluding carboxylic acids is 1. The molecule has 1 fully saturated rings. The van der Waals surface area contributed by atoms with Crippen LogP contribution in [-0.2, 0) is 0 Å². The summed E-state index contributed by atoms with van der Waals surface area (Å²) in [6, 6.07) is 9.75. The van der Waals surface area contributed by atoms with E-state index < -0.39 is 0 Å². The number of nitrogens with two attached hydrogens (primary N) is 1. The molecule has 0 saturated heterocycles. The molecule has 0 spiro atoms. The summed E-state index contributed by atoms with van der Waals surface area (Å²) >= 11 is 0. The maximum absolute atomic E-state index is 12.4. The van der Waals surface area contributed by atoms with Gasteiger partial charge in [0.2, 0.25) is 0 Å². The van der Waals surface area contributed by atoms with E-state index in [1.807, 2.05) is 30.3 Å². The van der Waals surface area contributed by atoms with Crippen molar-refractivity contribution >= 4 is 16.8 Å². The highest BCUT2D eigenvalue weighted by atomic mass is 16.1. The SMILES string of the molecule is NC1CCCCC1CNC(=O)c1cccc2cccnc12. The number of amides is 1. The molecular formula is C17H21N3O. The van der Waals surface area contributed by atoms with Crippen LogP contribution in [0.15, 0.2) is 36.5 Å². The molecule has 0 radical (unpaired) electrons. The van der Waals surface area contributed by atoms with Crippen LogP contribution in [0.5, 0.6) is 0 Å². The van der Waals surface area contributed by atoms with Crippen LogP contribution >= 0.6 is 0 Å². The maximum Gasteiger partial charge on any atom is 0.253 e. The summed E-state index contributed by atoms with van der Waals surface area (Å²) in [7, 11) is 0. The molecule has 0 aliphatic heterocycles. The fraction of sp³-hybridized carbons (Fsp3) is 0.412. The molecule has 1 aliphatic carbocycles. The number of hydrogen-bond donors (Lipinski definition) is 2. The van der Waals surface area contributed by atoms with E-state index in [0.717, 1.165) is 23.7 Å². The van der Waals surface area contributed by atoms with E-state index in [2.05, 4.69) is 10.3 Å². The Morgan fingerprint density at radius 3 is 2.90 bits per heavy atom. The Balaban J connectivity index is 1.72. The number of fused-ring (bicyclic) bond motifs is 1. The Morgan fingerprint density at radius 2 is 2.05 bits per heavy atom. The molecular weight excluding hydrogens is 262 g/mol. The lowest BCUT2D eigenvalue weighted by atomic mass is 9.85. The number of nitrogens with zero attached hydrogens (tertiary/aromatic N) is 1. The van der Waals surface area contributed by atoms with Gasteiger partial charge in [0, 0.05) is 24.2 Å². The van der Waals surface area contributed by atoms with Crippen LogP contribution < -0.4 is 11.1 Å². The summed E-state index contributed by atoms with van der Waals surface area (Å²) in [6.07, 6.45) is 6.31. The number of carbonyl (C=O) groups is 1. The molecule has 1 amide bonds. The number of para-hydroxylation sites is 1. The molecule has 2 aromatic rings. The van der Waals surface area contributed by atoms with Gasteiger partial charge in [0.05, 0.1) is 11.1 Å². The van der Waals surface area contributed by atoms with E-state index in [4.69, 9.17) is 5.73 Å². The number of aromatic nitrogens is 1. The van der Waals surface area contributed by atoms with Crippen LogP contribution in [0.25, 0.3) is 10.9 Å². The van der Waals surface area contributed by atoms with E-state index in [0.29, 0.717) is 18.0 Å². The molecule has 110 valence electrons. The van der Waals surface area contributed by atoms with Crippen molar-refractivity contribution in [2.45, 2.75) is 31.7 Å². The lowest BCUT2D eigenvalue weighted by Gasteiger charge is -2.28. The average molecular weight is 283 g/mol. The number of benzene rings is 1. The normalized spacial score (nSPS) is 22.1. The third-order valence-electron chi connectivity index (χ3n) is 4.37. The van der Waals surface area contributed by atoms with Gasteiger partial charge < -0.3 is 11.1 Å². The standard InChI is InChI=1S/C17H21N3O/c18-15-9-2-1-5-13(15)11-20-17(21)14-8-3-6-12-7-4-10-19-16(12)14/h3-4,6-8,10,13,15H,1-2,5,9,11,18H2,(H,20,21). The monoisotopic (exact) mass is 283 g/mol. The first-order valence-corrected chi connectivity index (χ1v) is 7.63. The smallest absolute Gasteiger partial charge is 0.253 e. The zero-order valence-corrected chi connectivity index (χ0v) is 12.1. The summed E-state index contributed by atoms with van der Waals surface area (Å²) in [4.78, 5) is 16.7. The Kier molecular flexibility index (Phi) is 4.15. The average Bonchev–Trinajstić information content (AvgIpc) is 2.53. The molecule has 4 heteroatoms. The van der Waals surface area contributed by atoms with Gasteiger partial charge in [0.15, 0.2) is 0 Å². The fourth-order valence-electron chi connectivity index (χ4n) is 3.10. The zero-order valence-electron chi connectivity index (χ0n) is 12.1. The minimum atomic E-state index is -0.0583. The lowest BCUT2D eigenvalue weighted by molar-refractivity contribution is 0.0943. The molecule has 3 N–H and O–H groups in total. The second kappa shape index (κ2) is 6.22. The second-order valence-corrected chi connectivity index (χ2v) is 5.80. The van der Waals surface area contributed by atoms with Crippen LogP contribution in [0.2, 0.25) is 0 Å². The molecule has 1 aromatic carbocycles. The molecule has 1 heterocycles. The van der Waals surface area contributed by atoms with Crippen LogP contribution in [0.3, 0.4) is 0 Å². The van der Waals surface area contributed by atoms with Crippen molar-refractivity contribution in [1.82, 2.24) is 10.3 Å². The van der Waals surface area contributed by atoms with Crippen LogP contribution in [-0.4, -0.2) is 23.5 Å². The predicted octanol–water partition coefficient (Wildman–Crippen LogP) is 2.48. The van der Waals surface area contributed by atoms with Gasteiger partial charge in [-0.25, -0.2) is 0 Å². The molecule has 3 rings (SSSR count). The fourth-order valence-corrected chi connectivity index (χ4v) is 3.10. The summed E-state index contributed by atoms with van der Waals surface area (Å²) in [5, 5.41) is 4.02. The molecule has 2 unspecified atom stereocenters. The summed E-state index contributed by atoms with van der Waals surface area (Å²) < 4.78 is 0. The number of rotatable bonds is 3. The Morgan fingerprint density at radius 1 is 1.24 bits per heavy atom. The molecule has 1 saturated carbocycles. The highest BCUT2D eigenvalue weighted by Gasteiger charge is 2.22. The van der Waals surface area contributed by atoms with Gasteiger partial charge in [-0.15, -0.1) is 0 Å². The van der Waals surface area contributed by atoms with Crippen LogP contribution in [0.4, 0.5) is 0 Å². The van der Waals surface area contributed by atoms with E-state index in [9.17, 15) is 4.79 Å². The van der Waals surface area contributed by atoms with Gasteiger partial charge in [-0.3, -0.25) is 9.78 Å². The van der Waals surface area contributed by atoms with Crippen molar-refractivity contribution in [1.29, 1.82) is 0 Å². The van der Waals surface area contributed by atoms with E-state index in [1.165, 1.54) is 12.8 Å². The lowest BCUT2D eigenvalue weighted by Crippen LogP contribution is -2.41. The molecule has 0 bridgehead atoms. The Labute approximate surface area is 124 Å². The summed E-state index contributed by atoms with van der Waals surface area (Å²) in [5.74, 6) is 0.336. The highest BCUT2D eigenvalue weighted by molar-refractivity contribution is 6.05. The maximum atomic E-state index is 12.4. The van der Waals surface area contributed by atoms with Gasteiger partial charge in [0.1, 0.15) is 0 Å². The van der Waals surface area contributed by atoms with E-state index in [-0.39, 0.29) is 11.9 Å². The zero-order chi connectivity index (χ0) is 14.7. The molecule has 4 nitrogen and oxygen atoms in total. The molecule has 1 aliphatic rings. The van der Waals surface area contributed by atoms with Crippen LogP contribution in [0.1, 0.15) is 36.0 Å². The van der Waals surface area contributed by atoms with Crippen molar-refractivity contribution in [2.24, 2.45) is 11.7 Å². The Hall–Kier alpha value is -1.94. The topological polar surface area (TPSA) is 68.0 Å². The van der Waals surface area contributed by atoms with Gasteiger partial charge in [-0.2, -0.15) is 0 Å². The quantitative estimate of drug-likeness (QED) is 0.909. The van der Waals surface area contributed by atoms with Crippen molar-refractivity contribution in [3.8, 4) is 0 Å². The van der Waals surface area contributed by atoms with E-state index >= 15 is 0 Å². The number of pyridine rings is 1. The summed E-state index contributed by atoms with van der Waals surface area (Å²) in [6.45, 7) is 0.656. The number of hydrogen-bond acceptors (Lipinski definition) is 3. The molecule has 21 heavy (non-hydrogen) atoms. The van der Waals surface area contributed by atoms with Gasteiger partial charge in [-0.1, -0.05) is 31.0 Å². The van der Waals surface area contributed by atoms with Crippen molar-refractivity contribution < 1.29 is 4.79 Å². The first kappa shape index (κ1) is 14.0. The van der Waals surface area contributed by atoms with Crippen molar-refractivity contribution in [2.75, 3.05) is 6.54 Å². The Bertz CT molecular complexity index is 635. The number of nitrogens with one attached hydrogen (secondary N) is 1. The third kappa shape index (κ3) is 3.05. The minimum absolute atomic E-state index is 0.0583. The third-order valence-corrected chi connectivity index (χ3v) is 4.37. The molecule has 2 atom stereocenters. The van der Waals surface area contributed by atoms with Gasteiger partial charge >= 0.3 is 0 Å².